The lowest BCUT2D eigenvalue weighted by molar-refractivity contribution is -0.383. The fraction of sp³-hybridized carbons (Fsp3) is 0. The Morgan fingerprint density at radius 1 is 1.38 bits per heavy atom. The number of hydrogen-bond donors (Lipinski definition) is 1. The van der Waals surface area contributed by atoms with Crippen LogP contribution in [0.15, 0.2) is 28.8 Å². The van der Waals surface area contributed by atoms with Crippen molar-refractivity contribution in [1.82, 2.24) is 5.16 Å². The summed E-state index contributed by atoms with van der Waals surface area (Å²) in [6.45, 7) is 0. The normalized spacial score (nSPS) is 10.3. The van der Waals surface area contributed by atoms with Gasteiger partial charge in [0.05, 0.1) is 4.92 Å². The molecule has 2 aromatic rings. The number of aromatic nitrogens is 1. The third-order valence-electron chi connectivity index (χ3n) is 1.99. The Balaban J connectivity index is 2.56. The standard InChI is InChI=1S/C9H6FN3O3/c10-6-3-1-5(2-4-6)7-8(13(14)15)9(11)16-12-7/h1-4H,11H2. The van der Waals surface area contributed by atoms with Crippen LogP contribution in [0.3, 0.4) is 0 Å². The van der Waals surface area contributed by atoms with Crippen LogP contribution < -0.4 is 5.73 Å². The molecule has 1 aromatic heterocycles. The van der Waals surface area contributed by atoms with Crippen LogP contribution >= 0.6 is 0 Å². The summed E-state index contributed by atoms with van der Waals surface area (Å²) in [5.41, 5.74) is 5.21. The maximum absolute atomic E-state index is 12.7. The van der Waals surface area contributed by atoms with Gasteiger partial charge in [0, 0.05) is 5.56 Å². The average Bonchev–Trinajstić information content (AvgIpc) is 2.61. The molecule has 0 amide bonds. The predicted octanol–water partition coefficient (Wildman–Crippen LogP) is 1.97. The van der Waals surface area contributed by atoms with Crippen molar-refractivity contribution in [3.63, 3.8) is 0 Å². The van der Waals surface area contributed by atoms with Crippen molar-refractivity contribution in [2.75, 3.05) is 5.73 Å². The summed E-state index contributed by atoms with van der Waals surface area (Å²) in [6.07, 6.45) is 0. The van der Waals surface area contributed by atoms with E-state index in [2.05, 4.69) is 9.68 Å². The Labute approximate surface area is 88.6 Å². The van der Waals surface area contributed by atoms with E-state index in [1.807, 2.05) is 0 Å². The van der Waals surface area contributed by atoms with Crippen LogP contribution in [-0.4, -0.2) is 10.1 Å². The van der Waals surface area contributed by atoms with E-state index >= 15 is 0 Å². The van der Waals surface area contributed by atoms with E-state index in [1.54, 1.807) is 0 Å². The molecular weight excluding hydrogens is 217 g/mol. The molecule has 0 aliphatic heterocycles. The molecule has 0 spiro atoms. The summed E-state index contributed by atoms with van der Waals surface area (Å²) in [5.74, 6) is -0.813. The first-order chi connectivity index (χ1) is 7.59. The lowest BCUT2D eigenvalue weighted by Crippen LogP contribution is -1.93. The lowest BCUT2D eigenvalue weighted by atomic mass is 10.1. The maximum atomic E-state index is 12.7. The summed E-state index contributed by atoms with van der Waals surface area (Å²) < 4.78 is 17.2. The van der Waals surface area contributed by atoms with Crippen molar-refractivity contribution in [2.24, 2.45) is 0 Å². The Morgan fingerprint density at radius 2 is 2.00 bits per heavy atom. The van der Waals surface area contributed by atoms with E-state index in [9.17, 15) is 14.5 Å². The highest BCUT2D eigenvalue weighted by molar-refractivity contribution is 5.74. The van der Waals surface area contributed by atoms with Crippen LogP contribution in [0.1, 0.15) is 0 Å². The van der Waals surface area contributed by atoms with Gasteiger partial charge in [-0.1, -0.05) is 5.16 Å². The van der Waals surface area contributed by atoms with Crippen molar-refractivity contribution < 1.29 is 13.8 Å². The third kappa shape index (κ3) is 1.58. The molecular formula is C9H6FN3O3. The quantitative estimate of drug-likeness (QED) is 0.620. The van der Waals surface area contributed by atoms with Gasteiger partial charge in [0.25, 0.3) is 0 Å². The minimum absolute atomic E-state index is 0.0116. The molecule has 0 saturated heterocycles. The molecule has 0 aliphatic carbocycles. The number of nitrogen functional groups attached to an aromatic ring is 1. The molecule has 7 heteroatoms. The van der Waals surface area contributed by atoms with Gasteiger partial charge in [0.2, 0.25) is 0 Å². The molecule has 0 unspecified atom stereocenters. The average molecular weight is 223 g/mol. The molecule has 0 radical (unpaired) electrons. The molecule has 0 bridgehead atoms. The number of hydrogen-bond acceptors (Lipinski definition) is 5. The second-order valence-corrected chi connectivity index (χ2v) is 3.01. The first-order valence-corrected chi connectivity index (χ1v) is 4.25. The van der Waals surface area contributed by atoms with E-state index in [-0.39, 0.29) is 11.6 Å². The van der Waals surface area contributed by atoms with Gasteiger partial charge in [-0.05, 0) is 24.3 Å². The highest BCUT2D eigenvalue weighted by Crippen LogP contribution is 2.33. The molecule has 82 valence electrons. The van der Waals surface area contributed by atoms with Gasteiger partial charge in [0.1, 0.15) is 5.82 Å². The highest BCUT2D eigenvalue weighted by atomic mass is 19.1. The molecule has 1 heterocycles. The fourth-order valence-corrected chi connectivity index (χ4v) is 1.27. The molecule has 2 N–H and O–H groups in total. The topological polar surface area (TPSA) is 95.2 Å². The van der Waals surface area contributed by atoms with Gasteiger partial charge >= 0.3 is 11.6 Å². The largest absolute Gasteiger partial charge is 0.362 e. The number of nitro groups is 1. The second kappa shape index (κ2) is 3.61. The smallest absolute Gasteiger partial charge is 0.360 e. The number of anilines is 1. The van der Waals surface area contributed by atoms with Crippen LogP contribution in [0.5, 0.6) is 0 Å². The van der Waals surface area contributed by atoms with Crippen molar-refractivity contribution in [3.05, 3.63) is 40.2 Å². The molecule has 0 fully saturated rings. The molecule has 0 saturated carbocycles. The Morgan fingerprint density at radius 3 is 2.56 bits per heavy atom. The summed E-state index contributed by atoms with van der Waals surface area (Å²) >= 11 is 0. The van der Waals surface area contributed by atoms with E-state index in [1.165, 1.54) is 24.3 Å². The summed E-state index contributed by atoms with van der Waals surface area (Å²) in [7, 11) is 0. The van der Waals surface area contributed by atoms with Crippen LogP contribution in [0, 0.1) is 15.9 Å². The highest BCUT2D eigenvalue weighted by Gasteiger charge is 2.26. The van der Waals surface area contributed by atoms with Crippen LogP contribution in [-0.2, 0) is 0 Å². The Kier molecular flexibility index (Phi) is 2.28. The van der Waals surface area contributed by atoms with Crippen molar-refractivity contribution >= 4 is 11.6 Å². The molecule has 1 aromatic carbocycles. The first-order valence-electron chi connectivity index (χ1n) is 4.25. The van der Waals surface area contributed by atoms with Gasteiger partial charge in [-0.15, -0.1) is 0 Å². The summed E-state index contributed by atoms with van der Waals surface area (Å²) in [4.78, 5) is 10.0. The fourth-order valence-electron chi connectivity index (χ4n) is 1.27. The predicted molar refractivity (Wildman–Crippen MR) is 53.0 cm³/mol. The van der Waals surface area contributed by atoms with Crippen LogP contribution in [0.2, 0.25) is 0 Å². The molecule has 6 nitrogen and oxygen atoms in total. The molecule has 0 aliphatic rings. The molecule has 16 heavy (non-hydrogen) atoms. The number of benzene rings is 1. The number of nitrogens with zero attached hydrogens (tertiary/aromatic N) is 2. The zero-order chi connectivity index (χ0) is 11.7. The Bertz CT molecular complexity index is 535. The lowest BCUT2D eigenvalue weighted by Gasteiger charge is -1.95. The van der Waals surface area contributed by atoms with E-state index in [0.717, 1.165) is 0 Å². The van der Waals surface area contributed by atoms with Crippen LogP contribution in [0.25, 0.3) is 11.3 Å². The van der Waals surface area contributed by atoms with E-state index in [0.29, 0.717) is 5.56 Å². The van der Waals surface area contributed by atoms with E-state index < -0.39 is 16.4 Å². The van der Waals surface area contributed by atoms with Crippen molar-refractivity contribution in [1.29, 1.82) is 0 Å². The maximum Gasteiger partial charge on any atom is 0.360 e. The monoisotopic (exact) mass is 223 g/mol. The second-order valence-electron chi connectivity index (χ2n) is 3.01. The van der Waals surface area contributed by atoms with Crippen molar-refractivity contribution in [3.8, 4) is 11.3 Å². The van der Waals surface area contributed by atoms with Gasteiger partial charge in [-0.25, -0.2) is 4.39 Å². The summed E-state index contributed by atoms with van der Waals surface area (Å²) in [5, 5.41) is 14.2. The zero-order valence-corrected chi connectivity index (χ0v) is 7.88. The summed E-state index contributed by atoms with van der Waals surface area (Å²) in [6, 6.07) is 5.06. The van der Waals surface area contributed by atoms with Gasteiger partial charge in [-0.2, -0.15) is 0 Å². The minimum Gasteiger partial charge on any atom is -0.362 e. The first kappa shape index (κ1) is 10.1. The van der Waals surface area contributed by atoms with Crippen molar-refractivity contribution in [2.45, 2.75) is 0 Å². The van der Waals surface area contributed by atoms with Gasteiger partial charge in [-0.3, -0.25) is 10.1 Å². The Hall–Kier alpha value is -2.44. The zero-order valence-electron chi connectivity index (χ0n) is 7.88. The molecule has 0 atom stereocenters. The van der Waals surface area contributed by atoms with Gasteiger partial charge in [0.15, 0.2) is 5.69 Å². The van der Waals surface area contributed by atoms with E-state index in [4.69, 9.17) is 5.73 Å². The number of halogens is 1. The third-order valence-corrected chi connectivity index (χ3v) is 1.99. The number of nitrogens with two attached hydrogens (primary N) is 1. The van der Waals surface area contributed by atoms with Crippen LogP contribution in [0.4, 0.5) is 16.0 Å². The molecule has 2 rings (SSSR count). The number of rotatable bonds is 2. The minimum atomic E-state index is -0.690. The SMILES string of the molecule is Nc1onc(-c2ccc(F)cc2)c1[N+](=O)[O-]. The van der Waals surface area contributed by atoms with Gasteiger partial charge < -0.3 is 10.3 Å².